The van der Waals surface area contributed by atoms with Crippen LogP contribution in [-0.4, -0.2) is 28.1 Å². The summed E-state index contributed by atoms with van der Waals surface area (Å²) in [7, 11) is 0. The van der Waals surface area contributed by atoms with E-state index in [1.54, 1.807) is 0 Å². The molecule has 1 aliphatic rings. The maximum absolute atomic E-state index is 12.2. The van der Waals surface area contributed by atoms with Crippen molar-refractivity contribution in [2.24, 2.45) is 17.3 Å². The molecule has 0 aromatic rings. The number of hydrogen-bond acceptors (Lipinski definition) is 3. The number of unbranched alkanes of at least 4 members (excludes halogenated alkanes) is 2. The Hall–Kier alpha value is -1.42. The lowest BCUT2D eigenvalue weighted by molar-refractivity contribution is -0.137. The van der Waals surface area contributed by atoms with E-state index in [9.17, 15) is 14.7 Å². The van der Waals surface area contributed by atoms with E-state index in [0.29, 0.717) is 25.0 Å². The number of rotatable bonds is 12. The highest BCUT2D eigenvalue weighted by Crippen LogP contribution is 2.34. The predicted octanol–water partition coefficient (Wildman–Crippen LogP) is 4.92. The number of aliphatic carboxylic acids is 1. The number of carboxylic acid groups (broad SMARTS) is 1. The Morgan fingerprint density at radius 3 is 2.69 bits per heavy atom. The smallest absolute Gasteiger partial charge is 0.303 e. The van der Waals surface area contributed by atoms with Gasteiger partial charge < -0.3 is 10.2 Å². The van der Waals surface area contributed by atoms with Gasteiger partial charge in [0.25, 0.3) is 0 Å². The van der Waals surface area contributed by atoms with Crippen molar-refractivity contribution in [3.8, 4) is 0 Å². The minimum absolute atomic E-state index is 0.00655. The van der Waals surface area contributed by atoms with Gasteiger partial charge >= 0.3 is 5.97 Å². The molecule has 1 rings (SSSR count). The van der Waals surface area contributed by atoms with Crippen LogP contribution in [0.15, 0.2) is 24.3 Å². The van der Waals surface area contributed by atoms with Gasteiger partial charge in [-0.25, -0.2) is 0 Å². The number of carbonyl (C=O) groups excluding carboxylic acids is 1. The molecule has 4 heteroatoms. The van der Waals surface area contributed by atoms with Crippen molar-refractivity contribution in [3.05, 3.63) is 24.3 Å². The Morgan fingerprint density at radius 2 is 2.04 bits per heavy atom. The number of carbonyl (C=O) groups is 2. The third kappa shape index (κ3) is 7.86. The number of carboxylic acids is 1. The standard InChI is InChI=1S/C22H36O4/c1-4-5-16-22(2,3)20(24)15-13-17-12-14-19(23)18(17)10-8-6-7-9-11-21(25)26/h6,8,13,15,17-18,20,24H,4-5,7,9-12,14,16H2,1-3H3,(H,25,26)/b8-6-,15-13+/t17-,18+,20-/m1/s1. The van der Waals surface area contributed by atoms with Crippen molar-refractivity contribution >= 4 is 11.8 Å². The van der Waals surface area contributed by atoms with Gasteiger partial charge in [0.15, 0.2) is 0 Å². The highest BCUT2D eigenvalue weighted by Gasteiger charge is 2.32. The van der Waals surface area contributed by atoms with E-state index >= 15 is 0 Å². The molecule has 1 aliphatic carbocycles. The van der Waals surface area contributed by atoms with Crippen LogP contribution in [0.5, 0.6) is 0 Å². The Bertz CT molecular complexity index is 504. The van der Waals surface area contributed by atoms with E-state index in [0.717, 1.165) is 32.1 Å². The largest absolute Gasteiger partial charge is 0.481 e. The molecular weight excluding hydrogens is 328 g/mol. The highest BCUT2D eigenvalue weighted by atomic mass is 16.4. The third-order valence-corrected chi connectivity index (χ3v) is 5.49. The van der Waals surface area contributed by atoms with Crippen LogP contribution in [0.2, 0.25) is 0 Å². The molecule has 0 aliphatic heterocycles. The number of hydrogen-bond donors (Lipinski definition) is 2. The minimum Gasteiger partial charge on any atom is -0.481 e. The second-order valence-corrected chi connectivity index (χ2v) is 8.19. The van der Waals surface area contributed by atoms with E-state index in [4.69, 9.17) is 5.11 Å². The van der Waals surface area contributed by atoms with Gasteiger partial charge in [-0.3, -0.25) is 9.59 Å². The average molecular weight is 365 g/mol. The van der Waals surface area contributed by atoms with Crippen molar-refractivity contribution in [3.63, 3.8) is 0 Å². The summed E-state index contributed by atoms with van der Waals surface area (Å²) < 4.78 is 0. The van der Waals surface area contributed by atoms with Gasteiger partial charge in [0.1, 0.15) is 5.78 Å². The lowest BCUT2D eigenvalue weighted by atomic mass is 9.80. The van der Waals surface area contributed by atoms with E-state index in [-0.39, 0.29) is 23.7 Å². The minimum atomic E-state index is -0.769. The first-order valence-corrected chi connectivity index (χ1v) is 10.0. The molecule has 0 radical (unpaired) electrons. The average Bonchev–Trinajstić information content (AvgIpc) is 2.93. The van der Waals surface area contributed by atoms with Crippen LogP contribution in [0.3, 0.4) is 0 Å². The van der Waals surface area contributed by atoms with E-state index < -0.39 is 12.1 Å². The summed E-state index contributed by atoms with van der Waals surface area (Å²) in [4.78, 5) is 22.7. The molecule has 0 aromatic carbocycles. The lowest BCUT2D eigenvalue weighted by Gasteiger charge is -2.29. The summed E-state index contributed by atoms with van der Waals surface area (Å²) in [5.74, 6) is -0.278. The monoisotopic (exact) mass is 364 g/mol. The SMILES string of the molecule is CCCCC(C)(C)[C@H](O)/C=C/[C@H]1CCC(=O)[C@H]1C/C=C\CCCC(=O)O. The van der Waals surface area contributed by atoms with Crippen molar-refractivity contribution < 1.29 is 19.8 Å². The van der Waals surface area contributed by atoms with Crippen LogP contribution in [0, 0.1) is 17.3 Å². The maximum atomic E-state index is 12.2. The predicted molar refractivity (Wildman–Crippen MR) is 105 cm³/mol. The van der Waals surface area contributed by atoms with Crippen LogP contribution < -0.4 is 0 Å². The molecule has 148 valence electrons. The molecule has 1 saturated carbocycles. The number of aliphatic hydroxyl groups excluding tert-OH is 1. The Balaban J connectivity index is 2.52. The van der Waals surface area contributed by atoms with E-state index in [1.807, 2.05) is 24.3 Å². The summed E-state index contributed by atoms with van der Waals surface area (Å²) in [5.41, 5.74) is -0.144. The molecule has 0 aromatic heterocycles. The molecule has 26 heavy (non-hydrogen) atoms. The Morgan fingerprint density at radius 1 is 1.31 bits per heavy atom. The third-order valence-electron chi connectivity index (χ3n) is 5.49. The molecule has 0 amide bonds. The molecule has 3 atom stereocenters. The zero-order valence-electron chi connectivity index (χ0n) is 16.6. The van der Waals surface area contributed by atoms with Crippen LogP contribution in [0.25, 0.3) is 0 Å². The Kier molecular flexibility index (Phi) is 9.85. The molecule has 0 heterocycles. The number of allylic oxidation sites excluding steroid dienone is 3. The topological polar surface area (TPSA) is 74.6 Å². The van der Waals surface area contributed by atoms with Gasteiger partial charge in [0, 0.05) is 18.8 Å². The maximum Gasteiger partial charge on any atom is 0.303 e. The first kappa shape index (κ1) is 22.6. The van der Waals surface area contributed by atoms with Gasteiger partial charge in [-0.1, -0.05) is 57.9 Å². The summed E-state index contributed by atoms with van der Waals surface area (Å²) >= 11 is 0. The normalized spacial score (nSPS) is 22.5. The van der Waals surface area contributed by atoms with E-state index in [2.05, 4.69) is 20.8 Å². The Labute approximate surface area is 158 Å². The molecule has 0 bridgehead atoms. The summed E-state index contributed by atoms with van der Waals surface area (Å²) in [5, 5.41) is 19.1. The number of ketones is 1. The van der Waals surface area contributed by atoms with Crippen LogP contribution >= 0.6 is 0 Å². The molecule has 1 fully saturated rings. The quantitative estimate of drug-likeness (QED) is 0.381. The van der Waals surface area contributed by atoms with Gasteiger partial charge in [-0.2, -0.15) is 0 Å². The van der Waals surface area contributed by atoms with Crippen LogP contribution in [0.4, 0.5) is 0 Å². The zero-order valence-corrected chi connectivity index (χ0v) is 16.6. The first-order valence-electron chi connectivity index (χ1n) is 10.0. The second kappa shape index (κ2) is 11.3. The summed E-state index contributed by atoms with van der Waals surface area (Å²) in [6.45, 7) is 6.34. The molecular formula is C22H36O4. The number of aliphatic hydroxyl groups is 1. The van der Waals surface area contributed by atoms with Gasteiger partial charge in [0.05, 0.1) is 6.10 Å². The molecule has 0 saturated heterocycles. The van der Waals surface area contributed by atoms with Gasteiger partial charge in [-0.15, -0.1) is 0 Å². The fourth-order valence-corrected chi connectivity index (χ4v) is 3.49. The molecule has 0 unspecified atom stereocenters. The molecule has 2 N–H and O–H groups in total. The second-order valence-electron chi connectivity index (χ2n) is 8.19. The van der Waals surface area contributed by atoms with Crippen LogP contribution in [0.1, 0.15) is 78.6 Å². The van der Waals surface area contributed by atoms with E-state index in [1.165, 1.54) is 0 Å². The molecule has 0 spiro atoms. The van der Waals surface area contributed by atoms with Crippen molar-refractivity contribution in [2.45, 2.75) is 84.7 Å². The fraction of sp³-hybridized carbons (Fsp3) is 0.727. The number of Topliss-reactive ketones (excluding diaryl/α,β-unsaturated/α-hetero) is 1. The van der Waals surface area contributed by atoms with Gasteiger partial charge in [-0.05, 0) is 43.4 Å². The highest BCUT2D eigenvalue weighted by molar-refractivity contribution is 5.83. The zero-order chi connectivity index (χ0) is 19.6. The lowest BCUT2D eigenvalue weighted by Crippen LogP contribution is -2.27. The summed E-state index contributed by atoms with van der Waals surface area (Å²) in [6.07, 6.45) is 14.4. The van der Waals surface area contributed by atoms with Crippen LogP contribution in [-0.2, 0) is 9.59 Å². The van der Waals surface area contributed by atoms with Gasteiger partial charge in [0.2, 0.25) is 0 Å². The van der Waals surface area contributed by atoms with Crippen molar-refractivity contribution in [1.82, 2.24) is 0 Å². The molecule has 4 nitrogen and oxygen atoms in total. The van der Waals surface area contributed by atoms with Crippen molar-refractivity contribution in [1.29, 1.82) is 0 Å². The summed E-state index contributed by atoms with van der Waals surface area (Å²) in [6, 6.07) is 0. The first-order chi connectivity index (χ1) is 12.3. The fourth-order valence-electron chi connectivity index (χ4n) is 3.49. The van der Waals surface area contributed by atoms with Crippen molar-refractivity contribution in [2.75, 3.05) is 0 Å².